The Bertz CT molecular complexity index is 817. The second-order valence-corrected chi connectivity index (χ2v) is 5.21. The van der Waals surface area contributed by atoms with Crippen LogP contribution in [0.3, 0.4) is 0 Å². The molecule has 0 aromatic heterocycles. The molecular weight excluding hydrogens is 356 g/mol. The van der Waals surface area contributed by atoms with Gasteiger partial charge in [-0.15, -0.1) is 0 Å². The Hall–Kier alpha value is -3.90. The van der Waals surface area contributed by atoms with Crippen molar-refractivity contribution in [2.24, 2.45) is 0 Å². The Morgan fingerprint density at radius 2 is 1.18 bits per heavy atom. The van der Waals surface area contributed by atoms with Gasteiger partial charge in [-0.1, -0.05) is 48.6 Å². The summed E-state index contributed by atoms with van der Waals surface area (Å²) in [4.78, 5) is 23.0. The van der Waals surface area contributed by atoms with Crippen molar-refractivity contribution in [3.05, 3.63) is 70.8 Å². The second kappa shape index (κ2) is 12.5. The van der Waals surface area contributed by atoms with Crippen LogP contribution in [0.4, 0.5) is 0 Å². The van der Waals surface area contributed by atoms with E-state index in [4.69, 9.17) is 20.0 Å². The maximum atomic E-state index is 11.5. The summed E-state index contributed by atoms with van der Waals surface area (Å²) in [5.41, 5.74) is 1.60. The molecule has 6 heteroatoms. The Balaban J connectivity index is 2.79. The van der Waals surface area contributed by atoms with Gasteiger partial charge in [0.15, 0.2) is 0 Å². The number of nitriles is 2. The third-order valence-corrected chi connectivity index (χ3v) is 3.27. The average molecular weight is 376 g/mol. The zero-order chi connectivity index (χ0) is 20.8. The molecule has 0 aliphatic rings. The van der Waals surface area contributed by atoms with Gasteiger partial charge in [0.25, 0.3) is 0 Å². The van der Waals surface area contributed by atoms with Crippen LogP contribution < -0.4 is 0 Å². The van der Waals surface area contributed by atoms with E-state index in [1.165, 1.54) is 12.2 Å². The number of carbonyl (C=O) groups is 2. The van der Waals surface area contributed by atoms with E-state index in [0.717, 1.165) is 11.1 Å². The molecular formula is C22H20N2O4. The number of benzene rings is 1. The van der Waals surface area contributed by atoms with Gasteiger partial charge in [0, 0.05) is 0 Å². The SMILES string of the molecule is CCOC(=O)C(C#N)=CC=Cc1ccc(C=CC=C(C#N)C(=O)OCC)cc1. The van der Waals surface area contributed by atoms with Gasteiger partial charge in [-0.05, 0) is 37.1 Å². The van der Waals surface area contributed by atoms with E-state index in [9.17, 15) is 9.59 Å². The molecule has 142 valence electrons. The van der Waals surface area contributed by atoms with Gasteiger partial charge < -0.3 is 9.47 Å². The molecule has 0 amide bonds. The van der Waals surface area contributed by atoms with Crippen molar-refractivity contribution in [1.29, 1.82) is 10.5 Å². The zero-order valence-electron chi connectivity index (χ0n) is 15.7. The molecule has 0 bridgehead atoms. The minimum absolute atomic E-state index is 0.0701. The van der Waals surface area contributed by atoms with Crippen molar-refractivity contribution >= 4 is 24.1 Å². The van der Waals surface area contributed by atoms with Crippen molar-refractivity contribution in [3.63, 3.8) is 0 Å². The molecule has 0 unspecified atom stereocenters. The van der Waals surface area contributed by atoms with Crippen molar-refractivity contribution in [2.75, 3.05) is 13.2 Å². The fraction of sp³-hybridized carbons (Fsp3) is 0.182. The minimum atomic E-state index is -0.650. The molecule has 28 heavy (non-hydrogen) atoms. The van der Waals surface area contributed by atoms with E-state index >= 15 is 0 Å². The molecule has 0 N–H and O–H groups in total. The van der Waals surface area contributed by atoms with Gasteiger partial charge in [0.1, 0.15) is 23.3 Å². The van der Waals surface area contributed by atoms with Gasteiger partial charge in [0.05, 0.1) is 13.2 Å². The first kappa shape index (κ1) is 22.1. The van der Waals surface area contributed by atoms with Crippen molar-refractivity contribution in [1.82, 2.24) is 0 Å². The van der Waals surface area contributed by atoms with Crippen LogP contribution in [0.5, 0.6) is 0 Å². The van der Waals surface area contributed by atoms with E-state index in [1.54, 1.807) is 50.3 Å². The van der Waals surface area contributed by atoms with Crippen LogP contribution in [-0.2, 0) is 19.1 Å². The molecule has 0 heterocycles. The van der Waals surface area contributed by atoms with Gasteiger partial charge in [0.2, 0.25) is 0 Å². The van der Waals surface area contributed by atoms with Crippen molar-refractivity contribution in [2.45, 2.75) is 13.8 Å². The van der Waals surface area contributed by atoms with E-state index < -0.39 is 11.9 Å². The number of hydrogen-bond acceptors (Lipinski definition) is 6. The highest BCUT2D eigenvalue weighted by Crippen LogP contribution is 2.09. The maximum Gasteiger partial charge on any atom is 0.348 e. The average Bonchev–Trinajstić information content (AvgIpc) is 2.70. The second-order valence-electron chi connectivity index (χ2n) is 5.21. The monoisotopic (exact) mass is 376 g/mol. The number of ether oxygens (including phenoxy) is 2. The number of esters is 2. The minimum Gasteiger partial charge on any atom is -0.462 e. The van der Waals surface area contributed by atoms with Crippen LogP contribution in [0.1, 0.15) is 25.0 Å². The molecule has 0 saturated heterocycles. The molecule has 1 aromatic carbocycles. The molecule has 0 fully saturated rings. The smallest absolute Gasteiger partial charge is 0.348 e. The van der Waals surface area contributed by atoms with Crippen LogP contribution >= 0.6 is 0 Å². The molecule has 0 aliphatic heterocycles. The number of nitrogens with zero attached hydrogens (tertiary/aromatic N) is 2. The molecule has 6 nitrogen and oxygen atoms in total. The number of carbonyl (C=O) groups excluding carboxylic acids is 2. The lowest BCUT2D eigenvalue weighted by Crippen LogP contribution is -2.05. The van der Waals surface area contributed by atoms with E-state index in [0.29, 0.717) is 0 Å². The normalized spacial score (nSPS) is 11.9. The van der Waals surface area contributed by atoms with Crippen molar-refractivity contribution in [3.8, 4) is 12.1 Å². The zero-order valence-corrected chi connectivity index (χ0v) is 15.7. The third kappa shape index (κ3) is 7.55. The lowest BCUT2D eigenvalue weighted by molar-refractivity contribution is -0.138. The van der Waals surface area contributed by atoms with Gasteiger partial charge in [-0.25, -0.2) is 9.59 Å². The van der Waals surface area contributed by atoms with Gasteiger partial charge in [-0.2, -0.15) is 10.5 Å². The van der Waals surface area contributed by atoms with E-state index in [1.807, 2.05) is 24.3 Å². The highest BCUT2D eigenvalue weighted by Gasteiger charge is 2.08. The summed E-state index contributed by atoms with van der Waals surface area (Å²) < 4.78 is 9.56. The third-order valence-electron chi connectivity index (χ3n) is 3.27. The summed E-state index contributed by atoms with van der Waals surface area (Å²) in [6.45, 7) is 3.77. The topological polar surface area (TPSA) is 100 Å². The Morgan fingerprint density at radius 3 is 1.46 bits per heavy atom. The van der Waals surface area contributed by atoms with E-state index in [-0.39, 0.29) is 24.4 Å². The summed E-state index contributed by atoms with van der Waals surface area (Å²) in [5.74, 6) is -1.30. The van der Waals surface area contributed by atoms with E-state index in [2.05, 4.69) is 0 Å². The largest absolute Gasteiger partial charge is 0.462 e. The first-order valence-electron chi connectivity index (χ1n) is 8.56. The Labute approximate surface area is 164 Å². The molecule has 0 spiro atoms. The summed E-state index contributed by atoms with van der Waals surface area (Å²) in [6.07, 6.45) is 9.49. The standard InChI is InChI=1S/C22H20N2O4/c1-3-27-21(25)19(15-23)9-5-7-17-11-13-18(14-12-17)8-6-10-20(16-24)22(26)28-4-2/h5-14H,3-4H2,1-2H3. The molecule has 0 saturated carbocycles. The molecule has 0 aliphatic carbocycles. The molecule has 0 radical (unpaired) electrons. The molecule has 1 rings (SSSR count). The number of hydrogen-bond donors (Lipinski definition) is 0. The molecule has 1 aromatic rings. The lowest BCUT2D eigenvalue weighted by Gasteiger charge is -1.98. The summed E-state index contributed by atoms with van der Waals surface area (Å²) in [7, 11) is 0. The van der Waals surface area contributed by atoms with Crippen LogP contribution in [0.25, 0.3) is 12.2 Å². The number of allylic oxidation sites excluding steroid dienone is 4. The number of rotatable bonds is 8. The summed E-state index contributed by atoms with van der Waals surface area (Å²) in [6, 6.07) is 11.0. The van der Waals surface area contributed by atoms with Crippen molar-refractivity contribution < 1.29 is 19.1 Å². The van der Waals surface area contributed by atoms with Crippen LogP contribution in [0.2, 0.25) is 0 Å². The summed E-state index contributed by atoms with van der Waals surface area (Å²) in [5, 5.41) is 17.9. The highest BCUT2D eigenvalue weighted by atomic mass is 16.5. The van der Waals surface area contributed by atoms with Gasteiger partial charge >= 0.3 is 11.9 Å². The fourth-order valence-electron chi connectivity index (χ4n) is 1.95. The first-order chi connectivity index (χ1) is 13.5. The summed E-state index contributed by atoms with van der Waals surface area (Å²) >= 11 is 0. The lowest BCUT2D eigenvalue weighted by atomic mass is 10.1. The predicted octanol–water partition coefficient (Wildman–Crippen LogP) is 3.74. The fourth-order valence-corrected chi connectivity index (χ4v) is 1.95. The highest BCUT2D eigenvalue weighted by molar-refractivity contribution is 5.93. The van der Waals surface area contributed by atoms with Crippen LogP contribution in [-0.4, -0.2) is 25.2 Å². The maximum absolute atomic E-state index is 11.5. The van der Waals surface area contributed by atoms with Gasteiger partial charge in [-0.3, -0.25) is 0 Å². The molecule has 0 atom stereocenters. The Morgan fingerprint density at radius 1 is 0.821 bits per heavy atom. The van der Waals surface area contributed by atoms with Crippen LogP contribution in [0, 0.1) is 22.7 Å². The first-order valence-corrected chi connectivity index (χ1v) is 8.56. The predicted molar refractivity (Wildman–Crippen MR) is 105 cm³/mol. The van der Waals surface area contributed by atoms with Crippen LogP contribution in [0.15, 0.2) is 59.7 Å². The Kier molecular flexibility index (Phi) is 9.85. The quantitative estimate of drug-likeness (QED) is 0.296.